The number of para-hydroxylation sites is 1. The molecule has 0 radical (unpaired) electrons. The molecular weight excluding hydrogens is 428 g/mol. The molecule has 5 aliphatic rings. The molecule has 4 bridgehead atoms. The summed E-state index contributed by atoms with van der Waals surface area (Å²) in [6, 6.07) is 7.91. The maximum Gasteiger partial charge on any atom is 0.311 e. The third-order valence-electron chi connectivity index (χ3n) is 9.00. The van der Waals surface area contributed by atoms with Crippen molar-refractivity contribution in [2.75, 3.05) is 24.6 Å². The lowest BCUT2D eigenvalue weighted by Gasteiger charge is -2.56. The summed E-state index contributed by atoms with van der Waals surface area (Å²) >= 11 is 0. The molecule has 184 valence electrons. The van der Waals surface area contributed by atoms with Gasteiger partial charge in [-0.25, -0.2) is 0 Å². The Morgan fingerprint density at radius 2 is 1.76 bits per heavy atom. The van der Waals surface area contributed by atoms with Crippen LogP contribution < -0.4 is 10.2 Å². The molecule has 1 N–H and O–H groups in total. The Kier molecular flexibility index (Phi) is 6.43. The summed E-state index contributed by atoms with van der Waals surface area (Å²) in [4.78, 5) is 39.6. The highest BCUT2D eigenvalue weighted by atomic mass is 16.5. The van der Waals surface area contributed by atoms with Crippen LogP contribution in [0.2, 0.25) is 0 Å². The van der Waals surface area contributed by atoms with Gasteiger partial charge < -0.3 is 15.0 Å². The smallest absolute Gasteiger partial charge is 0.311 e. The van der Waals surface area contributed by atoms with Gasteiger partial charge in [0.05, 0.1) is 5.92 Å². The largest absolute Gasteiger partial charge is 0.455 e. The Labute approximate surface area is 202 Å². The van der Waals surface area contributed by atoms with Crippen LogP contribution in [-0.4, -0.2) is 37.5 Å². The van der Waals surface area contributed by atoms with Crippen LogP contribution in [0.1, 0.15) is 76.7 Å². The summed E-state index contributed by atoms with van der Waals surface area (Å²) in [5.74, 6) is 1.57. The first-order chi connectivity index (χ1) is 16.4. The number of ether oxygens (including phenoxy) is 1. The number of nitrogens with zero attached hydrogens (tertiary/aromatic N) is 1. The van der Waals surface area contributed by atoms with Crippen LogP contribution in [0, 0.1) is 29.1 Å². The molecule has 2 amide bonds. The average molecular weight is 467 g/mol. The molecule has 4 aliphatic carbocycles. The van der Waals surface area contributed by atoms with Gasteiger partial charge in [0, 0.05) is 25.2 Å². The molecule has 0 unspecified atom stereocenters. The van der Waals surface area contributed by atoms with E-state index in [9.17, 15) is 14.4 Å². The van der Waals surface area contributed by atoms with Gasteiger partial charge in [-0.3, -0.25) is 14.4 Å². The SMILES string of the molecule is CC[C@@H](C)c1ccccc1N1C[C@@H](C(=O)OCC(=O)NCC23CC4CC(CC(C4)C2)C3)CC1=O. The molecule has 0 spiro atoms. The van der Waals surface area contributed by atoms with Crippen molar-refractivity contribution in [2.45, 2.75) is 71.1 Å². The number of rotatable bonds is 8. The molecule has 6 rings (SSSR count). The van der Waals surface area contributed by atoms with Crippen LogP contribution in [0.5, 0.6) is 0 Å². The maximum absolute atomic E-state index is 12.7. The van der Waals surface area contributed by atoms with Crippen molar-refractivity contribution in [2.24, 2.45) is 29.1 Å². The summed E-state index contributed by atoms with van der Waals surface area (Å²) in [6.45, 7) is 5.02. The van der Waals surface area contributed by atoms with Crippen LogP contribution >= 0.6 is 0 Å². The highest BCUT2D eigenvalue weighted by molar-refractivity contribution is 6.00. The van der Waals surface area contributed by atoms with E-state index in [1.807, 2.05) is 18.2 Å². The molecule has 4 saturated carbocycles. The van der Waals surface area contributed by atoms with E-state index in [1.165, 1.54) is 38.5 Å². The van der Waals surface area contributed by atoms with Gasteiger partial charge in [-0.2, -0.15) is 0 Å². The Morgan fingerprint density at radius 3 is 2.41 bits per heavy atom. The van der Waals surface area contributed by atoms with E-state index in [0.29, 0.717) is 19.0 Å². The number of carbonyl (C=O) groups is 3. The first-order valence-corrected chi connectivity index (χ1v) is 13.2. The number of hydrogen-bond acceptors (Lipinski definition) is 4. The first-order valence-electron chi connectivity index (χ1n) is 13.2. The molecule has 34 heavy (non-hydrogen) atoms. The normalized spacial score (nSPS) is 32.6. The Hall–Kier alpha value is -2.37. The Morgan fingerprint density at radius 1 is 1.12 bits per heavy atom. The van der Waals surface area contributed by atoms with Crippen molar-refractivity contribution < 1.29 is 19.1 Å². The van der Waals surface area contributed by atoms with Crippen LogP contribution in [0.3, 0.4) is 0 Å². The molecular formula is C28H38N2O4. The Balaban J connectivity index is 1.12. The highest BCUT2D eigenvalue weighted by Gasteiger charge is 2.50. The van der Waals surface area contributed by atoms with Crippen molar-refractivity contribution in [3.05, 3.63) is 29.8 Å². The quantitative estimate of drug-likeness (QED) is 0.575. The summed E-state index contributed by atoms with van der Waals surface area (Å²) < 4.78 is 5.36. The second-order valence-electron chi connectivity index (χ2n) is 11.6. The first kappa shape index (κ1) is 23.4. The van der Waals surface area contributed by atoms with Crippen molar-refractivity contribution in [3.8, 4) is 0 Å². The van der Waals surface area contributed by atoms with E-state index in [-0.39, 0.29) is 30.3 Å². The standard InChI is InChI=1S/C28H38N2O4/c1-3-18(2)23-6-4-5-7-24(23)30-15-22(11-26(30)32)27(33)34-16-25(31)29-17-28-12-19-8-20(13-28)10-21(9-19)14-28/h4-7,18-22H,3,8-17H2,1-2H3,(H,29,31)/t18-,19?,20?,21?,22+,28?/m1/s1. The summed E-state index contributed by atoms with van der Waals surface area (Å²) in [7, 11) is 0. The number of nitrogens with one attached hydrogen (secondary N) is 1. The van der Waals surface area contributed by atoms with E-state index < -0.39 is 11.9 Å². The third-order valence-corrected chi connectivity index (χ3v) is 9.00. The second-order valence-corrected chi connectivity index (χ2v) is 11.6. The lowest BCUT2D eigenvalue weighted by atomic mass is 9.49. The van der Waals surface area contributed by atoms with E-state index in [0.717, 1.165) is 35.4 Å². The number of amides is 2. The summed E-state index contributed by atoms with van der Waals surface area (Å²) in [5.41, 5.74) is 2.26. The fourth-order valence-corrected chi connectivity index (χ4v) is 7.57. The number of anilines is 1. The van der Waals surface area contributed by atoms with Gasteiger partial charge in [0.2, 0.25) is 5.91 Å². The zero-order valence-corrected chi connectivity index (χ0v) is 20.6. The third kappa shape index (κ3) is 4.60. The zero-order chi connectivity index (χ0) is 23.9. The molecule has 0 aromatic heterocycles. The second kappa shape index (κ2) is 9.35. The van der Waals surface area contributed by atoms with Crippen molar-refractivity contribution >= 4 is 23.5 Å². The fourth-order valence-electron chi connectivity index (χ4n) is 7.57. The number of benzene rings is 1. The van der Waals surface area contributed by atoms with Crippen LogP contribution in [0.4, 0.5) is 5.69 Å². The zero-order valence-electron chi connectivity index (χ0n) is 20.6. The summed E-state index contributed by atoms with van der Waals surface area (Å²) in [5, 5.41) is 3.06. The van der Waals surface area contributed by atoms with Gasteiger partial charge in [0.1, 0.15) is 0 Å². The van der Waals surface area contributed by atoms with E-state index in [4.69, 9.17) is 4.74 Å². The Bertz CT molecular complexity index is 922. The molecule has 2 atom stereocenters. The highest BCUT2D eigenvalue weighted by Crippen LogP contribution is 2.59. The predicted molar refractivity (Wildman–Crippen MR) is 130 cm³/mol. The topological polar surface area (TPSA) is 75.7 Å². The van der Waals surface area contributed by atoms with Gasteiger partial charge in [-0.15, -0.1) is 0 Å². The minimum Gasteiger partial charge on any atom is -0.455 e. The van der Waals surface area contributed by atoms with E-state index >= 15 is 0 Å². The molecule has 1 aromatic carbocycles. The summed E-state index contributed by atoms with van der Waals surface area (Å²) in [6.07, 6.45) is 8.94. The minimum absolute atomic E-state index is 0.0658. The monoisotopic (exact) mass is 466 g/mol. The molecule has 1 aliphatic heterocycles. The molecule has 1 saturated heterocycles. The predicted octanol–water partition coefficient (Wildman–Crippen LogP) is 4.43. The van der Waals surface area contributed by atoms with Crippen LogP contribution in [0.25, 0.3) is 0 Å². The van der Waals surface area contributed by atoms with Crippen LogP contribution in [-0.2, 0) is 19.1 Å². The fraction of sp³-hybridized carbons (Fsp3) is 0.679. The van der Waals surface area contributed by atoms with Gasteiger partial charge >= 0.3 is 5.97 Å². The number of hydrogen-bond donors (Lipinski definition) is 1. The molecule has 1 heterocycles. The number of carbonyl (C=O) groups excluding carboxylic acids is 3. The van der Waals surface area contributed by atoms with E-state index in [2.05, 4.69) is 25.2 Å². The van der Waals surface area contributed by atoms with Crippen molar-refractivity contribution in [1.82, 2.24) is 5.32 Å². The van der Waals surface area contributed by atoms with Gasteiger partial charge in [-0.05, 0) is 85.7 Å². The lowest BCUT2D eigenvalue weighted by molar-refractivity contribution is -0.152. The molecule has 6 heteroatoms. The van der Waals surface area contributed by atoms with Gasteiger partial charge in [-0.1, -0.05) is 32.0 Å². The maximum atomic E-state index is 12.7. The average Bonchev–Trinajstić information content (AvgIpc) is 3.21. The van der Waals surface area contributed by atoms with Crippen molar-refractivity contribution in [1.29, 1.82) is 0 Å². The van der Waals surface area contributed by atoms with Crippen LogP contribution in [0.15, 0.2) is 24.3 Å². The number of esters is 1. The molecule has 5 fully saturated rings. The lowest BCUT2D eigenvalue weighted by Crippen LogP contribution is -2.51. The molecule has 6 nitrogen and oxygen atoms in total. The molecule has 1 aromatic rings. The minimum atomic E-state index is -0.534. The van der Waals surface area contributed by atoms with Gasteiger partial charge in [0.15, 0.2) is 6.61 Å². The van der Waals surface area contributed by atoms with E-state index in [1.54, 1.807) is 4.90 Å². The van der Waals surface area contributed by atoms with Crippen molar-refractivity contribution in [3.63, 3.8) is 0 Å². The van der Waals surface area contributed by atoms with Gasteiger partial charge in [0.25, 0.3) is 5.91 Å².